The summed E-state index contributed by atoms with van der Waals surface area (Å²) in [6.45, 7) is 0. The summed E-state index contributed by atoms with van der Waals surface area (Å²) in [5.41, 5.74) is 13.2. The molecule has 0 aliphatic carbocycles. The maximum absolute atomic E-state index is 11.2. The SMILES string of the molecule is NC(=O)c1nc(Cl)cc(Cc2ccccc2)c1N. The highest BCUT2D eigenvalue weighted by atomic mass is 35.5. The molecule has 0 saturated carbocycles. The summed E-state index contributed by atoms with van der Waals surface area (Å²) in [7, 11) is 0. The Kier molecular flexibility index (Phi) is 3.48. The minimum Gasteiger partial charge on any atom is -0.397 e. The third kappa shape index (κ3) is 2.60. The number of carbonyl (C=O) groups excluding carboxylic acids is 1. The number of halogens is 1. The first-order valence-electron chi connectivity index (χ1n) is 5.36. The molecule has 0 fully saturated rings. The predicted molar refractivity (Wildman–Crippen MR) is 71.4 cm³/mol. The number of nitrogens with two attached hydrogens (primary N) is 2. The van der Waals surface area contributed by atoms with Crippen LogP contribution < -0.4 is 11.5 Å². The molecule has 1 aromatic carbocycles. The Morgan fingerprint density at radius 3 is 2.56 bits per heavy atom. The number of primary amides is 1. The molecular weight excluding hydrogens is 250 g/mol. The smallest absolute Gasteiger partial charge is 0.269 e. The van der Waals surface area contributed by atoms with Crippen molar-refractivity contribution in [2.24, 2.45) is 5.73 Å². The van der Waals surface area contributed by atoms with E-state index < -0.39 is 5.91 Å². The molecule has 1 heterocycles. The highest BCUT2D eigenvalue weighted by molar-refractivity contribution is 6.29. The minimum absolute atomic E-state index is 0.0217. The van der Waals surface area contributed by atoms with E-state index in [0.29, 0.717) is 6.42 Å². The van der Waals surface area contributed by atoms with Gasteiger partial charge in [-0.25, -0.2) is 4.98 Å². The summed E-state index contributed by atoms with van der Waals surface area (Å²) in [5.74, 6) is -0.677. The van der Waals surface area contributed by atoms with Gasteiger partial charge in [0.2, 0.25) is 0 Å². The van der Waals surface area contributed by atoms with Crippen molar-refractivity contribution in [3.05, 3.63) is 58.4 Å². The molecule has 0 saturated heterocycles. The average molecular weight is 262 g/mol. The fraction of sp³-hybridized carbons (Fsp3) is 0.0769. The predicted octanol–water partition coefficient (Wildman–Crippen LogP) is 2.01. The van der Waals surface area contributed by atoms with Gasteiger partial charge in [-0.1, -0.05) is 41.9 Å². The minimum atomic E-state index is -0.677. The van der Waals surface area contributed by atoms with E-state index in [0.717, 1.165) is 11.1 Å². The third-order valence-electron chi connectivity index (χ3n) is 2.58. The zero-order valence-corrected chi connectivity index (χ0v) is 10.3. The summed E-state index contributed by atoms with van der Waals surface area (Å²) >= 11 is 5.86. The number of nitrogen functional groups attached to an aromatic ring is 1. The topological polar surface area (TPSA) is 82.0 Å². The molecule has 4 nitrogen and oxygen atoms in total. The zero-order valence-electron chi connectivity index (χ0n) is 9.56. The molecule has 18 heavy (non-hydrogen) atoms. The molecule has 0 radical (unpaired) electrons. The van der Waals surface area contributed by atoms with Crippen LogP contribution in [0.5, 0.6) is 0 Å². The zero-order chi connectivity index (χ0) is 13.1. The van der Waals surface area contributed by atoms with Crippen LogP contribution >= 0.6 is 11.6 Å². The van der Waals surface area contributed by atoms with Crippen molar-refractivity contribution in [2.75, 3.05) is 5.73 Å². The number of pyridine rings is 1. The van der Waals surface area contributed by atoms with Crippen molar-refractivity contribution < 1.29 is 4.79 Å². The van der Waals surface area contributed by atoms with Crippen LogP contribution in [-0.4, -0.2) is 10.9 Å². The highest BCUT2D eigenvalue weighted by Crippen LogP contribution is 2.22. The van der Waals surface area contributed by atoms with Crippen LogP contribution in [0, 0.1) is 0 Å². The van der Waals surface area contributed by atoms with Crippen molar-refractivity contribution >= 4 is 23.2 Å². The first-order valence-corrected chi connectivity index (χ1v) is 5.74. The van der Waals surface area contributed by atoms with Gasteiger partial charge in [0.25, 0.3) is 5.91 Å². The molecular formula is C13H12ClN3O. The van der Waals surface area contributed by atoms with E-state index in [9.17, 15) is 4.79 Å². The van der Waals surface area contributed by atoms with Gasteiger partial charge in [-0.15, -0.1) is 0 Å². The fourth-order valence-electron chi connectivity index (χ4n) is 1.72. The van der Waals surface area contributed by atoms with E-state index in [1.807, 2.05) is 30.3 Å². The summed E-state index contributed by atoms with van der Waals surface area (Å²) in [6, 6.07) is 11.4. The lowest BCUT2D eigenvalue weighted by molar-refractivity contribution is 0.0996. The van der Waals surface area contributed by atoms with Crippen LogP contribution in [0.2, 0.25) is 5.15 Å². The number of aromatic nitrogens is 1. The van der Waals surface area contributed by atoms with E-state index in [1.54, 1.807) is 6.07 Å². The Hall–Kier alpha value is -2.07. The number of nitrogens with zero attached hydrogens (tertiary/aromatic N) is 1. The molecule has 0 aliphatic heterocycles. The number of hydrogen-bond acceptors (Lipinski definition) is 3. The van der Waals surface area contributed by atoms with E-state index in [-0.39, 0.29) is 16.5 Å². The summed E-state index contributed by atoms with van der Waals surface area (Å²) in [4.78, 5) is 15.0. The fourth-order valence-corrected chi connectivity index (χ4v) is 1.94. The number of anilines is 1. The van der Waals surface area contributed by atoms with E-state index in [4.69, 9.17) is 23.1 Å². The van der Waals surface area contributed by atoms with Gasteiger partial charge in [0.1, 0.15) is 5.15 Å². The molecule has 92 valence electrons. The van der Waals surface area contributed by atoms with Crippen LogP contribution in [0.15, 0.2) is 36.4 Å². The summed E-state index contributed by atoms with van der Waals surface area (Å²) in [5, 5.41) is 0.212. The van der Waals surface area contributed by atoms with Crippen LogP contribution in [0.25, 0.3) is 0 Å². The summed E-state index contributed by atoms with van der Waals surface area (Å²) < 4.78 is 0. The second kappa shape index (κ2) is 5.06. The van der Waals surface area contributed by atoms with Gasteiger partial charge in [0.15, 0.2) is 5.69 Å². The van der Waals surface area contributed by atoms with Crippen LogP contribution in [0.3, 0.4) is 0 Å². The molecule has 0 spiro atoms. The average Bonchev–Trinajstić information content (AvgIpc) is 2.34. The molecule has 0 unspecified atom stereocenters. The van der Waals surface area contributed by atoms with Gasteiger partial charge < -0.3 is 11.5 Å². The van der Waals surface area contributed by atoms with Crippen molar-refractivity contribution in [2.45, 2.75) is 6.42 Å². The lowest BCUT2D eigenvalue weighted by Gasteiger charge is -2.09. The van der Waals surface area contributed by atoms with Crippen molar-refractivity contribution in [3.63, 3.8) is 0 Å². The van der Waals surface area contributed by atoms with Crippen molar-refractivity contribution in [1.29, 1.82) is 0 Å². The second-order valence-corrected chi connectivity index (χ2v) is 4.28. The molecule has 0 aliphatic rings. The number of benzene rings is 1. The van der Waals surface area contributed by atoms with Gasteiger partial charge in [0, 0.05) is 0 Å². The van der Waals surface area contributed by atoms with Gasteiger partial charge in [0.05, 0.1) is 5.69 Å². The van der Waals surface area contributed by atoms with Crippen LogP contribution in [-0.2, 0) is 6.42 Å². The van der Waals surface area contributed by atoms with Gasteiger partial charge in [-0.05, 0) is 23.6 Å². The van der Waals surface area contributed by atoms with Gasteiger partial charge in [-0.3, -0.25) is 4.79 Å². The maximum atomic E-state index is 11.2. The van der Waals surface area contributed by atoms with E-state index in [2.05, 4.69) is 4.98 Å². The Bertz CT molecular complexity index is 584. The number of rotatable bonds is 3. The largest absolute Gasteiger partial charge is 0.397 e. The lowest BCUT2D eigenvalue weighted by atomic mass is 10.0. The van der Waals surface area contributed by atoms with Crippen molar-refractivity contribution in [1.82, 2.24) is 4.98 Å². The molecule has 1 amide bonds. The van der Waals surface area contributed by atoms with E-state index in [1.165, 1.54) is 0 Å². The van der Waals surface area contributed by atoms with Crippen LogP contribution in [0.1, 0.15) is 21.6 Å². The van der Waals surface area contributed by atoms with E-state index >= 15 is 0 Å². The van der Waals surface area contributed by atoms with Crippen LogP contribution in [0.4, 0.5) is 5.69 Å². The lowest BCUT2D eigenvalue weighted by Crippen LogP contribution is -2.17. The number of carbonyl (C=O) groups is 1. The molecule has 5 heteroatoms. The van der Waals surface area contributed by atoms with Crippen molar-refractivity contribution in [3.8, 4) is 0 Å². The molecule has 0 bridgehead atoms. The number of amides is 1. The third-order valence-corrected chi connectivity index (χ3v) is 2.78. The highest BCUT2D eigenvalue weighted by Gasteiger charge is 2.13. The Balaban J connectivity index is 2.42. The monoisotopic (exact) mass is 261 g/mol. The Morgan fingerprint density at radius 1 is 1.28 bits per heavy atom. The first kappa shape index (κ1) is 12.4. The maximum Gasteiger partial charge on any atom is 0.269 e. The summed E-state index contributed by atoms with van der Waals surface area (Å²) in [6.07, 6.45) is 0.579. The second-order valence-electron chi connectivity index (χ2n) is 3.89. The standard InChI is InChI=1S/C13H12ClN3O/c14-10-7-9(6-8-4-2-1-3-5-8)11(15)12(17-10)13(16)18/h1-5,7H,6,15H2,(H2,16,18). The van der Waals surface area contributed by atoms with Gasteiger partial charge >= 0.3 is 0 Å². The molecule has 1 aromatic heterocycles. The Morgan fingerprint density at radius 2 is 1.94 bits per heavy atom. The quantitative estimate of drug-likeness (QED) is 0.829. The molecule has 4 N–H and O–H groups in total. The Labute approximate surface area is 110 Å². The molecule has 2 aromatic rings. The molecule has 0 atom stereocenters. The molecule has 2 rings (SSSR count). The number of hydrogen-bond donors (Lipinski definition) is 2. The van der Waals surface area contributed by atoms with Gasteiger partial charge in [-0.2, -0.15) is 0 Å². The normalized spacial score (nSPS) is 10.3. The first-order chi connectivity index (χ1) is 8.58.